The molecule has 3 rings (SSSR count). The molecule has 1 N–H and O–H groups in total. The van der Waals surface area contributed by atoms with Crippen molar-refractivity contribution in [2.24, 2.45) is 0 Å². The van der Waals surface area contributed by atoms with Crippen LogP contribution in [-0.4, -0.2) is 62.0 Å². The maximum atomic E-state index is 13.0. The van der Waals surface area contributed by atoms with Gasteiger partial charge < -0.3 is 10.2 Å². The molecule has 0 aromatic heterocycles. The van der Waals surface area contributed by atoms with Crippen LogP contribution in [0.2, 0.25) is 0 Å². The second-order valence-electron chi connectivity index (χ2n) is 6.71. The first-order valence-electron chi connectivity index (χ1n) is 9.28. The molecule has 1 fully saturated rings. The van der Waals surface area contributed by atoms with E-state index in [1.807, 2.05) is 4.90 Å². The zero-order valence-corrected chi connectivity index (χ0v) is 16.8. The molecule has 160 valence electrons. The number of nitrogens with one attached hydrogen (secondary N) is 1. The predicted octanol–water partition coefficient (Wildman–Crippen LogP) is 1.62. The Morgan fingerprint density at radius 1 is 1.07 bits per heavy atom. The summed E-state index contributed by atoms with van der Waals surface area (Å²) in [6.45, 7) is 1.32. The number of para-hydroxylation sites is 1. The number of nitro benzene ring substituents is 1. The van der Waals surface area contributed by atoms with Gasteiger partial charge in [0.25, 0.3) is 11.6 Å². The summed E-state index contributed by atoms with van der Waals surface area (Å²) in [6.07, 6.45) is 0. The van der Waals surface area contributed by atoms with Crippen molar-refractivity contribution < 1.29 is 22.5 Å². The van der Waals surface area contributed by atoms with Crippen LogP contribution >= 0.6 is 0 Å². The summed E-state index contributed by atoms with van der Waals surface area (Å²) in [5.74, 6) is -1.34. The molecule has 0 atom stereocenters. The summed E-state index contributed by atoms with van der Waals surface area (Å²) in [7, 11) is -3.60. The topological polar surface area (TPSA) is 113 Å². The monoisotopic (exact) mass is 436 g/mol. The van der Waals surface area contributed by atoms with Gasteiger partial charge >= 0.3 is 0 Å². The number of carbonyl (C=O) groups excluding carboxylic acids is 1. The van der Waals surface area contributed by atoms with Gasteiger partial charge in [-0.3, -0.25) is 14.9 Å². The van der Waals surface area contributed by atoms with E-state index in [0.717, 1.165) is 5.69 Å². The molecule has 0 radical (unpaired) electrons. The lowest BCUT2D eigenvalue weighted by Crippen LogP contribution is -2.50. The molecule has 2 aromatic rings. The van der Waals surface area contributed by atoms with E-state index in [9.17, 15) is 27.7 Å². The number of sulfonamides is 1. The Labute approximate surface area is 173 Å². The first-order chi connectivity index (χ1) is 14.3. The van der Waals surface area contributed by atoms with Gasteiger partial charge in [0.05, 0.1) is 10.7 Å². The van der Waals surface area contributed by atoms with Gasteiger partial charge in [0, 0.05) is 44.5 Å². The Morgan fingerprint density at radius 2 is 1.70 bits per heavy atom. The van der Waals surface area contributed by atoms with Crippen LogP contribution in [0.25, 0.3) is 0 Å². The number of anilines is 1. The highest BCUT2D eigenvalue weighted by Crippen LogP contribution is 2.19. The van der Waals surface area contributed by atoms with Crippen molar-refractivity contribution in [2.75, 3.05) is 43.4 Å². The van der Waals surface area contributed by atoms with Gasteiger partial charge in [0.2, 0.25) is 10.0 Å². The number of nitrogens with zero attached hydrogens (tertiary/aromatic N) is 3. The minimum absolute atomic E-state index is 0.118. The van der Waals surface area contributed by atoms with Crippen LogP contribution in [0.1, 0.15) is 10.4 Å². The van der Waals surface area contributed by atoms with Gasteiger partial charge in [-0.25, -0.2) is 12.8 Å². The van der Waals surface area contributed by atoms with E-state index in [1.54, 1.807) is 12.1 Å². The number of halogens is 1. The lowest BCUT2D eigenvalue weighted by Gasteiger charge is -2.35. The number of benzene rings is 2. The van der Waals surface area contributed by atoms with Crippen molar-refractivity contribution in [3.63, 3.8) is 0 Å². The van der Waals surface area contributed by atoms with Gasteiger partial charge in [0.1, 0.15) is 11.4 Å². The molecule has 1 aliphatic heterocycles. The SMILES string of the molecule is O=C(NCCS(=O)(=O)N1CCN(c2ccc(F)cc2)CC1)c1ccccc1[N+](=O)[O-]. The fraction of sp³-hybridized carbons (Fsp3) is 0.316. The highest BCUT2D eigenvalue weighted by atomic mass is 32.2. The molecule has 1 saturated heterocycles. The van der Waals surface area contributed by atoms with Crippen LogP contribution in [-0.2, 0) is 10.0 Å². The normalized spacial score (nSPS) is 15.0. The summed E-state index contributed by atoms with van der Waals surface area (Å²) in [5, 5.41) is 13.4. The zero-order valence-electron chi connectivity index (χ0n) is 16.0. The second-order valence-corrected chi connectivity index (χ2v) is 8.80. The highest BCUT2D eigenvalue weighted by molar-refractivity contribution is 7.89. The van der Waals surface area contributed by atoms with Crippen molar-refractivity contribution >= 4 is 27.3 Å². The Bertz CT molecular complexity index is 1020. The molecule has 1 amide bonds. The number of amides is 1. The molecule has 0 bridgehead atoms. The number of hydrogen-bond acceptors (Lipinski definition) is 6. The van der Waals surface area contributed by atoms with E-state index < -0.39 is 20.9 Å². The van der Waals surface area contributed by atoms with Gasteiger partial charge in [-0.05, 0) is 30.3 Å². The Morgan fingerprint density at radius 3 is 2.33 bits per heavy atom. The lowest BCUT2D eigenvalue weighted by molar-refractivity contribution is -0.385. The standard InChI is InChI=1S/C19H21FN4O5S/c20-15-5-7-16(8-6-15)22-10-12-23(13-11-22)30(28,29)14-9-21-19(25)17-3-1-2-4-18(17)24(26)27/h1-8H,9-14H2,(H,21,25). The maximum absolute atomic E-state index is 13.0. The van der Waals surface area contributed by atoms with Crippen molar-refractivity contribution in [1.29, 1.82) is 0 Å². The highest BCUT2D eigenvalue weighted by Gasteiger charge is 2.27. The van der Waals surface area contributed by atoms with Crippen molar-refractivity contribution in [3.8, 4) is 0 Å². The van der Waals surface area contributed by atoms with E-state index in [1.165, 1.54) is 40.7 Å². The minimum Gasteiger partial charge on any atom is -0.369 e. The summed E-state index contributed by atoms with van der Waals surface area (Å²) in [5.41, 5.74) is 0.368. The van der Waals surface area contributed by atoms with Gasteiger partial charge in [0.15, 0.2) is 0 Å². The van der Waals surface area contributed by atoms with Crippen molar-refractivity contribution in [1.82, 2.24) is 9.62 Å². The van der Waals surface area contributed by atoms with Crippen LogP contribution in [0.5, 0.6) is 0 Å². The Hall–Kier alpha value is -3.05. The average molecular weight is 436 g/mol. The molecule has 0 spiro atoms. The maximum Gasteiger partial charge on any atom is 0.282 e. The van der Waals surface area contributed by atoms with Gasteiger partial charge in [-0.15, -0.1) is 0 Å². The Kier molecular flexibility index (Phi) is 6.63. The van der Waals surface area contributed by atoms with E-state index in [4.69, 9.17) is 0 Å². The average Bonchev–Trinajstić information content (AvgIpc) is 2.74. The quantitative estimate of drug-likeness (QED) is 0.521. The van der Waals surface area contributed by atoms with Crippen LogP contribution < -0.4 is 10.2 Å². The number of piperazine rings is 1. The van der Waals surface area contributed by atoms with E-state index in [-0.39, 0.29) is 42.5 Å². The molecular weight excluding hydrogens is 415 g/mol. The predicted molar refractivity (Wildman–Crippen MR) is 109 cm³/mol. The number of hydrogen-bond donors (Lipinski definition) is 1. The van der Waals surface area contributed by atoms with Crippen molar-refractivity contribution in [2.45, 2.75) is 0 Å². The zero-order chi connectivity index (χ0) is 21.7. The van der Waals surface area contributed by atoms with Gasteiger partial charge in [-0.2, -0.15) is 4.31 Å². The molecule has 11 heteroatoms. The molecular formula is C19H21FN4O5S. The largest absolute Gasteiger partial charge is 0.369 e. The molecule has 1 aliphatic rings. The summed E-state index contributed by atoms with van der Waals surface area (Å²) < 4.78 is 39.5. The number of nitro groups is 1. The molecule has 0 aliphatic carbocycles. The van der Waals surface area contributed by atoms with E-state index in [2.05, 4.69) is 5.32 Å². The third-order valence-electron chi connectivity index (χ3n) is 4.81. The first-order valence-corrected chi connectivity index (χ1v) is 10.9. The summed E-state index contributed by atoms with van der Waals surface area (Å²) in [4.78, 5) is 24.5. The third-order valence-corrected chi connectivity index (χ3v) is 6.69. The van der Waals surface area contributed by atoms with Crippen LogP contribution in [0, 0.1) is 15.9 Å². The fourth-order valence-electron chi connectivity index (χ4n) is 3.22. The summed E-state index contributed by atoms with van der Waals surface area (Å²) >= 11 is 0. The van der Waals surface area contributed by atoms with Crippen LogP contribution in [0.15, 0.2) is 48.5 Å². The first kappa shape index (κ1) is 21.7. The van der Waals surface area contributed by atoms with E-state index in [0.29, 0.717) is 13.1 Å². The van der Waals surface area contributed by atoms with Crippen LogP contribution in [0.3, 0.4) is 0 Å². The third kappa shape index (κ3) is 5.10. The molecule has 30 heavy (non-hydrogen) atoms. The Balaban J connectivity index is 1.52. The van der Waals surface area contributed by atoms with Gasteiger partial charge in [-0.1, -0.05) is 12.1 Å². The number of rotatable bonds is 7. The molecule has 0 unspecified atom stereocenters. The molecule has 2 aromatic carbocycles. The molecule has 1 heterocycles. The molecule has 0 saturated carbocycles. The van der Waals surface area contributed by atoms with Crippen molar-refractivity contribution in [3.05, 3.63) is 70.0 Å². The van der Waals surface area contributed by atoms with Crippen LogP contribution in [0.4, 0.5) is 15.8 Å². The fourth-order valence-corrected chi connectivity index (χ4v) is 4.56. The van der Waals surface area contributed by atoms with E-state index >= 15 is 0 Å². The summed E-state index contributed by atoms with van der Waals surface area (Å²) in [6, 6.07) is 11.5. The minimum atomic E-state index is -3.60. The smallest absolute Gasteiger partial charge is 0.282 e. The number of carbonyl (C=O) groups is 1. The lowest BCUT2D eigenvalue weighted by atomic mass is 10.1. The second kappa shape index (κ2) is 9.18. The molecule has 9 nitrogen and oxygen atoms in total.